The number of nitrogens with zero attached hydrogens (tertiary/aromatic N) is 2. The number of rotatable bonds is 12. The summed E-state index contributed by atoms with van der Waals surface area (Å²) in [6, 6.07) is 27.9. The Morgan fingerprint density at radius 1 is 0.907 bits per heavy atom. The molecule has 0 aliphatic carbocycles. The lowest BCUT2D eigenvalue weighted by Crippen LogP contribution is -2.46. The number of carbonyl (C=O) groups excluding carboxylic acids is 2. The molecule has 0 fully saturated rings. The Hall–Kier alpha value is -4.87. The van der Waals surface area contributed by atoms with Crippen molar-refractivity contribution in [1.82, 2.24) is 5.43 Å². The normalized spacial score (nSPS) is 11.9. The number of sulfonamides is 1. The van der Waals surface area contributed by atoms with Crippen molar-refractivity contribution in [2.75, 3.05) is 22.5 Å². The minimum Gasteiger partial charge on any atom is -0.484 e. The number of carbonyl (C=O) groups is 2. The predicted octanol–water partition coefficient (Wildman–Crippen LogP) is 5.45. The van der Waals surface area contributed by atoms with Gasteiger partial charge in [0, 0.05) is 10.7 Å². The first kappa shape index (κ1) is 31.1. The van der Waals surface area contributed by atoms with Crippen LogP contribution in [0.4, 0.5) is 11.4 Å². The van der Waals surface area contributed by atoms with Gasteiger partial charge in [-0.2, -0.15) is 5.10 Å². The van der Waals surface area contributed by atoms with Crippen LogP contribution in [0.3, 0.4) is 0 Å². The van der Waals surface area contributed by atoms with Crippen molar-refractivity contribution in [2.24, 2.45) is 5.10 Å². The summed E-state index contributed by atoms with van der Waals surface area (Å²) in [7, 11) is -3.82. The summed E-state index contributed by atoms with van der Waals surface area (Å²) in [5.41, 5.74) is 3.88. The molecule has 0 spiro atoms. The highest BCUT2D eigenvalue weighted by atomic mass is 35.5. The zero-order valence-electron chi connectivity index (χ0n) is 23.3. The number of benzene rings is 4. The van der Waals surface area contributed by atoms with E-state index in [0.29, 0.717) is 39.2 Å². The molecule has 2 N–H and O–H groups in total. The average molecular weight is 621 g/mol. The van der Waals surface area contributed by atoms with Gasteiger partial charge in [0.1, 0.15) is 23.3 Å². The molecule has 4 aromatic carbocycles. The van der Waals surface area contributed by atoms with Gasteiger partial charge < -0.3 is 14.8 Å². The molecule has 12 heteroatoms. The Bertz CT molecular complexity index is 1680. The number of hydrazone groups is 1. The number of hydrogen-bond donors (Lipinski definition) is 2. The topological polar surface area (TPSA) is 126 Å². The van der Waals surface area contributed by atoms with Crippen molar-refractivity contribution < 1.29 is 27.5 Å². The van der Waals surface area contributed by atoms with Crippen LogP contribution in [0.1, 0.15) is 12.5 Å². The van der Waals surface area contributed by atoms with Crippen molar-refractivity contribution in [2.45, 2.75) is 13.0 Å². The zero-order valence-corrected chi connectivity index (χ0v) is 24.9. The summed E-state index contributed by atoms with van der Waals surface area (Å²) in [5.74, 6) is 0.643. The van der Waals surface area contributed by atoms with Gasteiger partial charge in [-0.3, -0.25) is 13.9 Å². The van der Waals surface area contributed by atoms with Crippen molar-refractivity contribution >= 4 is 51.0 Å². The van der Waals surface area contributed by atoms with Gasteiger partial charge in [0.05, 0.1) is 18.2 Å². The van der Waals surface area contributed by atoms with E-state index in [1.165, 1.54) is 13.1 Å². The quantitative estimate of drug-likeness (QED) is 0.160. The van der Waals surface area contributed by atoms with E-state index in [9.17, 15) is 18.0 Å². The molecule has 0 aromatic heterocycles. The molecule has 4 aromatic rings. The molecule has 0 saturated heterocycles. The van der Waals surface area contributed by atoms with Crippen LogP contribution in [0.5, 0.6) is 17.2 Å². The number of hydrogen-bond acceptors (Lipinski definition) is 7. The predicted molar refractivity (Wildman–Crippen MR) is 167 cm³/mol. The van der Waals surface area contributed by atoms with Crippen LogP contribution in [0.2, 0.25) is 5.02 Å². The molecule has 0 radical (unpaired) electrons. The van der Waals surface area contributed by atoms with Crippen LogP contribution in [0, 0.1) is 0 Å². The third-order valence-electron chi connectivity index (χ3n) is 5.91. The van der Waals surface area contributed by atoms with E-state index in [1.54, 1.807) is 84.9 Å². The third kappa shape index (κ3) is 9.32. The van der Waals surface area contributed by atoms with Gasteiger partial charge in [0.25, 0.3) is 11.8 Å². The SMILES string of the molecule is C[C@H](C(=O)N/N=C\c1ccc(OCC(=O)Nc2cccc(Cl)c2)cc1)N(c1ccc(Oc2ccccc2)cc1)S(C)(=O)=O. The van der Waals surface area contributed by atoms with E-state index in [-0.39, 0.29) is 12.5 Å². The molecule has 0 saturated carbocycles. The second-order valence-electron chi connectivity index (χ2n) is 9.29. The van der Waals surface area contributed by atoms with Crippen LogP contribution in [0.15, 0.2) is 108 Å². The van der Waals surface area contributed by atoms with Gasteiger partial charge in [-0.05, 0) is 91.3 Å². The minimum absolute atomic E-state index is 0.201. The maximum atomic E-state index is 12.8. The lowest BCUT2D eigenvalue weighted by molar-refractivity contribution is -0.121. The number of ether oxygens (including phenoxy) is 2. The second-order valence-corrected chi connectivity index (χ2v) is 11.6. The fourth-order valence-electron chi connectivity index (χ4n) is 3.92. The Balaban J connectivity index is 1.30. The summed E-state index contributed by atoms with van der Waals surface area (Å²) in [6.07, 6.45) is 2.43. The standard InChI is InChI=1S/C31H29ClN4O6S/c1-22(36(43(2,39)40)26-13-17-29(18-14-26)42-28-9-4-3-5-10-28)31(38)35-33-20-23-11-15-27(16-12-23)41-21-30(37)34-25-8-6-7-24(32)19-25/h3-20,22H,21H2,1-2H3,(H,34,37)(H,35,38)/b33-20-/t22-/m1/s1. The Labute approximate surface area is 254 Å². The molecular weight excluding hydrogens is 592 g/mol. The van der Waals surface area contributed by atoms with Gasteiger partial charge in [0.2, 0.25) is 10.0 Å². The summed E-state index contributed by atoms with van der Waals surface area (Å²) < 4.78 is 37.5. The molecule has 2 amide bonds. The molecule has 0 heterocycles. The van der Waals surface area contributed by atoms with Crippen molar-refractivity contribution in [1.29, 1.82) is 0 Å². The highest BCUT2D eigenvalue weighted by Gasteiger charge is 2.29. The Morgan fingerprint density at radius 3 is 2.21 bits per heavy atom. The maximum Gasteiger partial charge on any atom is 0.263 e. The highest BCUT2D eigenvalue weighted by molar-refractivity contribution is 7.92. The van der Waals surface area contributed by atoms with Crippen molar-refractivity contribution in [3.8, 4) is 17.2 Å². The van der Waals surface area contributed by atoms with Crippen LogP contribution in [-0.2, 0) is 19.6 Å². The van der Waals surface area contributed by atoms with E-state index in [0.717, 1.165) is 10.6 Å². The fourth-order valence-corrected chi connectivity index (χ4v) is 5.29. The number of para-hydroxylation sites is 1. The average Bonchev–Trinajstić information content (AvgIpc) is 2.97. The smallest absolute Gasteiger partial charge is 0.263 e. The molecule has 1 atom stereocenters. The van der Waals surface area contributed by atoms with E-state index < -0.39 is 22.0 Å². The first-order chi connectivity index (χ1) is 20.6. The van der Waals surface area contributed by atoms with E-state index in [1.807, 2.05) is 18.2 Å². The number of nitrogens with one attached hydrogen (secondary N) is 2. The summed E-state index contributed by atoms with van der Waals surface area (Å²) in [4.78, 5) is 25.0. The summed E-state index contributed by atoms with van der Waals surface area (Å²) in [6.45, 7) is 1.27. The molecule has 4 rings (SSSR count). The largest absolute Gasteiger partial charge is 0.484 e. The minimum atomic E-state index is -3.82. The lowest BCUT2D eigenvalue weighted by Gasteiger charge is -2.27. The second kappa shape index (κ2) is 14.3. The first-order valence-electron chi connectivity index (χ1n) is 13.0. The Morgan fingerprint density at radius 2 is 1.56 bits per heavy atom. The van der Waals surface area contributed by atoms with Gasteiger partial charge in [-0.15, -0.1) is 0 Å². The van der Waals surface area contributed by atoms with Crippen LogP contribution in [0.25, 0.3) is 0 Å². The molecule has 222 valence electrons. The molecule has 0 bridgehead atoms. The van der Waals surface area contributed by atoms with Gasteiger partial charge in [-0.1, -0.05) is 35.9 Å². The van der Waals surface area contributed by atoms with Crippen molar-refractivity contribution in [3.63, 3.8) is 0 Å². The molecule has 0 aliphatic heterocycles. The van der Waals surface area contributed by atoms with Gasteiger partial charge >= 0.3 is 0 Å². The van der Waals surface area contributed by atoms with Crippen molar-refractivity contribution in [3.05, 3.63) is 114 Å². The number of amides is 2. The fraction of sp³-hybridized carbons (Fsp3) is 0.129. The van der Waals surface area contributed by atoms with E-state index in [4.69, 9.17) is 21.1 Å². The maximum absolute atomic E-state index is 12.8. The summed E-state index contributed by atoms with van der Waals surface area (Å²) in [5, 5.41) is 7.16. The zero-order chi connectivity index (χ0) is 30.8. The number of halogens is 1. The molecule has 0 unspecified atom stereocenters. The number of anilines is 2. The summed E-state index contributed by atoms with van der Waals surface area (Å²) >= 11 is 5.92. The van der Waals surface area contributed by atoms with Crippen LogP contribution in [-0.4, -0.2) is 45.4 Å². The van der Waals surface area contributed by atoms with E-state index >= 15 is 0 Å². The molecule has 0 aliphatic rings. The molecular formula is C31H29ClN4O6S. The lowest BCUT2D eigenvalue weighted by atomic mass is 10.2. The van der Waals surface area contributed by atoms with Gasteiger partial charge in [0.15, 0.2) is 6.61 Å². The monoisotopic (exact) mass is 620 g/mol. The highest BCUT2D eigenvalue weighted by Crippen LogP contribution is 2.27. The van der Waals surface area contributed by atoms with Crippen LogP contribution >= 0.6 is 11.6 Å². The van der Waals surface area contributed by atoms with Gasteiger partial charge in [-0.25, -0.2) is 13.8 Å². The first-order valence-corrected chi connectivity index (χ1v) is 15.2. The molecule has 10 nitrogen and oxygen atoms in total. The van der Waals surface area contributed by atoms with E-state index in [2.05, 4.69) is 15.8 Å². The Kier molecular flexibility index (Phi) is 10.4. The van der Waals surface area contributed by atoms with Crippen LogP contribution < -0.4 is 24.5 Å². The molecule has 43 heavy (non-hydrogen) atoms. The third-order valence-corrected chi connectivity index (χ3v) is 7.38.